The van der Waals surface area contributed by atoms with Crippen molar-refractivity contribution in [2.24, 2.45) is 0 Å². The average Bonchev–Trinajstić information content (AvgIpc) is 2.45. The Morgan fingerprint density at radius 3 is 2.74 bits per heavy atom. The maximum Gasteiger partial charge on any atom is 0.141 e. The zero-order chi connectivity index (χ0) is 13.2. The van der Waals surface area contributed by atoms with E-state index in [-0.39, 0.29) is 5.75 Å². The number of phenols is 1. The van der Waals surface area contributed by atoms with Crippen molar-refractivity contribution in [3.8, 4) is 5.75 Å². The van der Waals surface area contributed by atoms with Crippen LogP contribution in [0.15, 0.2) is 30.5 Å². The number of pyridine rings is 1. The predicted molar refractivity (Wildman–Crippen MR) is 74.4 cm³/mol. The molecule has 0 radical (unpaired) electrons. The van der Waals surface area contributed by atoms with E-state index < -0.39 is 0 Å². The minimum atomic E-state index is 0.275. The molecule has 0 spiro atoms. The Labute approximate surface area is 113 Å². The fourth-order valence-electron chi connectivity index (χ4n) is 2.85. The summed E-state index contributed by atoms with van der Waals surface area (Å²) in [6.07, 6.45) is 1.73. The second kappa shape index (κ2) is 5.15. The standard InChI is InChI=1S/C15H19N3O/c1-17-7-9-18(10-8-17)11-12-4-5-14(19)15-13(12)3-2-6-16-15/h2-6,19H,7-11H2,1H3/p+2. The molecule has 0 unspecified atom stereocenters. The van der Waals surface area contributed by atoms with Crippen LogP contribution in [0.3, 0.4) is 0 Å². The van der Waals surface area contributed by atoms with Crippen molar-refractivity contribution in [1.29, 1.82) is 0 Å². The van der Waals surface area contributed by atoms with Crippen molar-refractivity contribution in [2.75, 3.05) is 33.2 Å². The molecule has 3 N–H and O–H groups in total. The van der Waals surface area contributed by atoms with Crippen LogP contribution in [0.25, 0.3) is 10.9 Å². The molecule has 19 heavy (non-hydrogen) atoms. The number of likely N-dealkylation sites (N-methyl/N-ethyl adjacent to an activating group) is 1. The molecule has 0 amide bonds. The van der Waals surface area contributed by atoms with Crippen LogP contribution in [0.5, 0.6) is 5.75 Å². The number of nitrogens with one attached hydrogen (secondary N) is 2. The number of phenolic OH excluding ortho intramolecular Hbond substituents is 1. The van der Waals surface area contributed by atoms with Crippen LogP contribution in [0.4, 0.5) is 0 Å². The van der Waals surface area contributed by atoms with Gasteiger partial charge in [0.05, 0.1) is 7.05 Å². The lowest BCUT2D eigenvalue weighted by atomic mass is 10.1. The summed E-state index contributed by atoms with van der Waals surface area (Å²) < 4.78 is 0. The molecule has 1 fully saturated rings. The molecule has 1 aliphatic heterocycles. The maximum absolute atomic E-state index is 9.86. The molecule has 2 heterocycles. The maximum atomic E-state index is 9.86. The van der Waals surface area contributed by atoms with Gasteiger partial charge in [-0.2, -0.15) is 0 Å². The second-order valence-corrected chi connectivity index (χ2v) is 5.53. The highest BCUT2D eigenvalue weighted by molar-refractivity contribution is 5.86. The van der Waals surface area contributed by atoms with Crippen molar-refractivity contribution in [2.45, 2.75) is 6.54 Å². The van der Waals surface area contributed by atoms with E-state index in [1.807, 2.05) is 12.1 Å². The van der Waals surface area contributed by atoms with Crippen LogP contribution in [0.2, 0.25) is 0 Å². The van der Waals surface area contributed by atoms with Crippen molar-refractivity contribution in [3.63, 3.8) is 0 Å². The van der Waals surface area contributed by atoms with Gasteiger partial charge in [0.15, 0.2) is 0 Å². The molecule has 0 aliphatic carbocycles. The van der Waals surface area contributed by atoms with Crippen molar-refractivity contribution >= 4 is 10.9 Å². The molecule has 1 aromatic carbocycles. The molecular formula is C15H21N3O+2. The number of fused-ring (bicyclic) bond motifs is 1. The molecule has 4 nitrogen and oxygen atoms in total. The summed E-state index contributed by atoms with van der Waals surface area (Å²) in [4.78, 5) is 7.54. The van der Waals surface area contributed by atoms with Gasteiger partial charge in [0.25, 0.3) is 0 Å². The first-order valence-corrected chi connectivity index (χ1v) is 6.94. The molecule has 1 saturated heterocycles. The quantitative estimate of drug-likeness (QED) is 0.638. The fraction of sp³-hybridized carbons (Fsp3) is 0.400. The molecule has 1 aliphatic rings. The number of nitrogens with zero attached hydrogens (tertiary/aromatic N) is 1. The largest absolute Gasteiger partial charge is 0.506 e. The summed E-state index contributed by atoms with van der Waals surface area (Å²) in [6, 6.07) is 7.80. The highest BCUT2D eigenvalue weighted by atomic mass is 16.3. The minimum Gasteiger partial charge on any atom is -0.506 e. The van der Waals surface area contributed by atoms with E-state index in [1.54, 1.807) is 22.1 Å². The summed E-state index contributed by atoms with van der Waals surface area (Å²) in [5.41, 5.74) is 2.01. The van der Waals surface area contributed by atoms with Gasteiger partial charge in [-0.3, -0.25) is 4.98 Å². The van der Waals surface area contributed by atoms with E-state index in [4.69, 9.17) is 0 Å². The Morgan fingerprint density at radius 1 is 1.16 bits per heavy atom. The Morgan fingerprint density at radius 2 is 1.95 bits per heavy atom. The second-order valence-electron chi connectivity index (χ2n) is 5.53. The highest BCUT2D eigenvalue weighted by Gasteiger charge is 2.21. The Hall–Kier alpha value is -1.65. The molecule has 0 saturated carbocycles. The molecule has 0 bridgehead atoms. The molecule has 3 rings (SSSR count). The molecule has 4 heteroatoms. The van der Waals surface area contributed by atoms with Crippen LogP contribution in [0.1, 0.15) is 5.56 Å². The summed E-state index contributed by atoms with van der Waals surface area (Å²) in [6.45, 7) is 5.94. The first kappa shape index (κ1) is 12.4. The van der Waals surface area contributed by atoms with E-state index in [2.05, 4.69) is 18.1 Å². The number of piperazine rings is 1. The number of hydrogen-bond donors (Lipinski definition) is 3. The molecular weight excluding hydrogens is 238 g/mol. The minimum absolute atomic E-state index is 0.275. The topological polar surface area (TPSA) is 42.0 Å². The van der Waals surface area contributed by atoms with Gasteiger partial charge in [-0.1, -0.05) is 6.07 Å². The summed E-state index contributed by atoms with van der Waals surface area (Å²) in [5.74, 6) is 0.275. The first-order valence-electron chi connectivity index (χ1n) is 6.94. The van der Waals surface area contributed by atoms with E-state index in [9.17, 15) is 5.11 Å². The average molecular weight is 259 g/mol. The van der Waals surface area contributed by atoms with E-state index in [0.29, 0.717) is 0 Å². The van der Waals surface area contributed by atoms with Crippen LogP contribution < -0.4 is 9.80 Å². The third-order valence-electron chi connectivity index (χ3n) is 4.09. The van der Waals surface area contributed by atoms with Crippen molar-refractivity contribution in [3.05, 3.63) is 36.0 Å². The summed E-state index contributed by atoms with van der Waals surface area (Å²) in [5, 5.41) is 10.9. The third kappa shape index (κ3) is 2.55. The van der Waals surface area contributed by atoms with Gasteiger partial charge in [-0.25, -0.2) is 0 Å². The van der Waals surface area contributed by atoms with Gasteiger partial charge in [0.1, 0.15) is 44.0 Å². The van der Waals surface area contributed by atoms with Crippen LogP contribution >= 0.6 is 0 Å². The number of benzene rings is 1. The summed E-state index contributed by atoms with van der Waals surface area (Å²) >= 11 is 0. The highest BCUT2D eigenvalue weighted by Crippen LogP contribution is 2.24. The van der Waals surface area contributed by atoms with Gasteiger partial charge in [0, 0.05) is 17.1 Å². The van der Waals surface area contributed by atoms with Crippen LogP contribution in [0, 0.1) is 0 Å². The Kier molecular flexibility index (Phi) is 3.36. The SMILES string of the molecule is C[NH+]1CC[NH+](Cc2ccc(O)c3ncccc23)CC1. The van der Waals surface area contributed by atoms with E-state index in [1.165, 1.54) is 31.7 Å². The van der Waals surface area contributed by atoms with Gasteiger partial charge >= 0.3 is 0 Å². The zero-order valence-electron chi connectivity index (χ0n) is 11.3. The lowest BCUT2D eigenvalue weighted by Crippen LogP contribution is -3.26. The van der Waals surface area contributed by atoms with Crippen LogP contribution in [-0.4, -0.2) is 43.3 Å². The van der Waals surface area contributed by atoms with E-state index >= 15 is 0 Å². The van der Waals surface area contributed by atoms with Gasteiger partial charge in [-0.05, 0) is 18.2 Å². The number of rotatable bonds is 2. The number of quaternary nitrogens is 2. The fourth-order valence-corrected chi connectivity index (χ4v) is 2.85. The molecule has 1 aromatic heterocycles. The zero-order valence-corrected chi connectivity index (χ0v) is 11.3. The predicted octanol–water partition coefficient (Wildman–Crippen LogP) is -1.15. The first-order chi connectivity index (χ1) is 9.24. The number of aromatic hydroxyl groups is 1. The molecule has 2 aromatic rings. The van der Waals surface area contributed by atoms with Crippen molar-refractivity contribution in [1.82, 2.24) is 4.98 Å². The van der Waals surface area contributed by atoms with E-state index in [0.717, 1.165) is 17.4 Å². The number of aromatic nitrogens is 1. The summed E-state index contributed by atoms with van der Waals surface area (Å²) in [7, 11) is 2.26. The molecule has 100 valence electrons. The normalized spacial score (nSPS) is 23.6. The van der Waals surface area contributed by atoms with Gasteiger partial charge < -0.3 is 14.9 Å². The number of hydrogen-bond acceptors (Lipinski definition) is 2. The van der Waals surface area contributed by atoms with Crippen LogP contribution in [-0.2, 0) is 6.54 Å². The lowest BCUT2D eigenvalue weighted by Gasteiger charge is -2.27. The smallest absolute Gasteiger partial charge is 0.141 e. The monoisotopic (exact) mass is 259 g/mol. The Bertz CT molecular complexity index is 577. The lowest BCUT2D eigenvalue weighted by molar-refractivity contribution is -1.01. The molecule has 0 atom stereocenters. The van der Waals surface area contributed by atoms with Gasteiger partial charge in [-0.15, -0.1) is 0 Å². The third-order valence-corrected chi connectivity index (χ3v) is 4.09. The Balaban J connectivity index is 1.87. The van der Waals surface area contributed by atoms with Gasteiger partial charge in [0.2, 0.25) is 0 Å². The van der Waals surface area contributed by atoms with Crippen molar-refractivity contribution < 1.29 is 14.9 Å².